The van der Waals surface area contributed by atoms with Gasteiger partial charge in [0.05, 0.1) is 12.5 Å². The fourth-order valence-electron chi connectivity index (χ4n) is 2.82. The zero-order valence-corrected chi connectivity index (χ0v) is 14.3. The van der Waals surface area contributed by atoms with E-state index in [1.807, 2.05) is 35.2 Å². The number of Topliss-reactive ketones (excluding diaryl/α,β-unsaturated/α-hetero) is 1. The summed E-state index contributed by atoms with van der Waals surface area (Å²) in [5, 5.41) is 0. The van der Waals surface area contributed by atoms with E-state index in [0.29, 0.717) is 26.1 Å². The van der Waals surface area contributed by atoms with Crippen molar-refractivity contribution in [3.05, 3.63) is 35.9 Å². The molecule has 1 aromatic rings. The van der Waals surface area contributed by atoms with Crippen molar-refractivity contribution in [3.8, 4) is 0 Å². The number of halogens is 1. The fourth-order valence-corrected chi connectivity index (χ4v) is 2.82. The Bertz CT molecular complexity index is 498. The van der Waals surface area contributed by atoms with Crippen molar-refractivity contribution >= 4 is 24.1 Å². The lowest BCUT2D eigenvalue weighted by molar-refractivity contribution is -0.134. The second-order valence-electron chi connectivity index (χ2n) is 5.68. The van der Waals surface area contributed by atoms with Gasteiger partial charge in [0, 0.05) is 38.2 Å². The van der Waals surface area contributed by atoms with Gasteiger partial charge < -0.3 is 15.4 Å². The van der Waals surface area contributed by atoms with Gasteiger partial charge >= 0.3 is 0 Å². The maximum absolute atomic E-state index is 12.4. The predicted molar refractivity (Wildman–Crippen MR) is 91.8 cm³/mol. The van der Waals surface area contributed by atoms with Crippen LogP contribution >= 0.6 is 12.4 Å². The highest BCUT2D eigenvalue weighted by molar-refractivity contribution is 5.98. The molecule has 0 saturated carbocycles. The molecule has 1 aromatic carbocycles. The quantitative estimate of drug-likeness (QED) is 0.803. The number of amides is 1. The minimum absolute atomic E-state index is 0. The van der Waals surface area contributed by atoms with E-state index >= 15 is 0 Å². The lowest BCUT2D eigenvalue weighted by Gasteiger charge is -2.32. The van der Waals surface area contributed by atoms with Crippen LogP contribution in [0.4, 0.5) is 0 Å². The SMILES string of the molecule is COC(CN)CC(=O)N1CCC(C(=O)c2ccccc2)CC1.Cl. The molecule has 1 atom stereocenters. The predicted octanol–water partition coefficient (Wildman–Crippen LogP) is 1.89. The zero-order valence-electron chi connectivity index (χ0n) is 13.4. The zero-order chi connectivity index (χ0) is 15.9. The van der Waals surface area contributed by atoms with Crippen LogP contribution in [0.2, 0.25) is 0 Å². The first kappa shape index (κ1) is 19.6. The summed E-state index contributed by atoms with van der Waals surface area (Å²) in [4.78, 5) is 26.4. The number of rotatable bonds is 6. The summed E-state index contributed by atoms with van der Waals surface area (Å²) in [5.41, 5.74) is 6.31. The van der Waals surface area contributed by atoms with Crippen molar-refractivity contribution in [3.63, 3.8) is 0 Å². The third-order valence-corrected chi connectivity index (χ3v) is 4.28. The first-order chi connectivity index (χ1) is 10.7. The molecule has 0 aromatic heterocycles. The number of piperidine rings is 1. The van der Waals surface area contributed by atoms with Gasteiger partial charge in [-0.1, -0.05) is 30.3 Å². The van der Waals surface area contributed by atoms with Gasteiger partial charge in [-0.25, -0.2) is 0 Å². The Labute approximate surface area is 143 Å². The first-order valence-electron chi connectivity index (χ1n) is 7.75. The van der Waals surface area contributed by atoms with Crippen LogP contribution in [0.25, 0.3) is 0 Å². The summed E-state index contributed by atoms with van der Waals surface area (Å²) in [5.74, 6) is 0.256. The number of carbonyl (C=O) groups excluding carboxylic acids is 2. The average molecular weight is 341 g/mol. The van der Waals surface area contributed by atoms with Gasteiger partial charge in [0.15, 0.2) is 5.78 Å². The highest BCUT2D eigenvalue weighted by atomic mass is 35.5. The minimum Gasteiger partial charge on any atom is -0.380 e. The van der Waals surface area contributed by atoms with Gasteiger partial charge in [0.25, 0.3) is 0 Å². The van der Waals surface area contributed by atoms with Crippen molar-refractivity contribution < 1.29 is 14.3 Å². The van der Waals surface area contributed by atoms with E-state index < -0.39 is 0 Å². The Morgan fingerprint density at radius 1 is 1.26 bits per heavy atom. The molecular weight excluding hydrogens is 316 g/mol. The molecule has 1 fully saturated rings. The Hall–Kier alpha value is -1.43. The van der Waals surface area contributed by atoms with Crippen LogP contribution in [0.15, 0.2) is 30.3 Å². The summed E-state index contributed by atoms with van der Waals surface area (Å²) in [6.45, 7) is 1.59. The lowest BCUT2D eigenvalue weighted by atomic mass is 9.89. The van der Waals surface area contributed by atoms with Gasteiger partial charge in [-0.2, -0.15) is 0 Å². The van der Waals surface area contributed by atoms with Crippen LogP contribution in [0.3, 0.4) is 0 Å². The summed E-state index contributed by atoms with van der Waals surface area (Å²) in [6.07, 6.45) is 1.53. The van der Waals surface area contributed by atoms with Gasteiger partial charge in [-0.3, -0.25) is 9.59 Å². The summed E-state index contributed by atoms with van der Waals surface area (Å²) in [6, 6.07) is 9.36. The van der Waals surface area contributed by atoms with Gasteiger partial charge in [0.1, 0.15) is 0 Å². The highest BCUT2D eigenvalue weighted by Gasteiger charge is 2.28. The number of carbonyl (C=O) groups is 2. The van der Waals surface area contributed by atoms with Crippen molar-refractivity contribution in [2.24, 2.45) is 11.7 Å². The molecule has 0 aliphatic carbocycles. The summed E-state index contributed by atoms with van der Waals surface area (Å²) < 4.78 is 5.15. The normalized spacial score (nSPS) is 16.5. The Morgan fingerprint density at radius 3 is 2.39 bits per heavy atom. The molecule has 0 spiro atoms. The molecule has 1 aliphatic rings. The maximum Gasteiger partial charge on any atom is 0.225 e. The minimum atomic E-state index is -0.226. The summed E-state index contributed by atoms with van der Waals surface area (Å²) in [7, 11) is 1.57. The number of likely N-dealkylation sites (tertiary alicyclic amines) is 1. The maximum atomic E-state index is 12.4. The largest absolute Gasteiger partial charge is 0.380 e. The van der Waals surface area contributed by atoms with E-state index in [2.05, 4.69) is 0 Å². The molecule has 1 aliphatic heterocycles. The van der Waals surface area contributed by atoms with E-state index in [0.717, 1.165) is 18.4 Å². The average Bonchev–Trinajstić information content (AvgIpc) is 2.59. The molecule has 1 unspecified atom stereocenters. The van der Waals surface area contributed by atoms with Crippen LogP contribution in [0.1, 0.15) is 29.6 Å². The van der Waals surface area contributed by atoms with E-state index in [9.17, 15) is 9.59 Å². The Morgan fingerprint density at radius 2 is 1.87 bits per heavy atom. The lowest BCUT2D eigenvalue weighted by Crippen LogP contribution is -2.42. The van der Waals surface area contributed by atoms with Crippen molar-refractivity contribution in [1.82, 2.24) is 4.90 Å². The van der Waals surface area contributed by atoms with Crippen LogP contribution in [0, 0.1) is 5.92 Å². The van der Waals surface area contributed by atoms with E-state index in [4.69, 9.17) is 10.5 Å². The molecule has 6 heteroatoms. The third-order valence-electron chi connectivity index (χ3n) is 4.28. The standard InChI is InChI=1S/C17H24N2O3.ClH/c1-22-15(12-18)11-16(20)19-9-7-14(8-10-19)17(21)13-5-3-2-4-6-13;/h2-6,14-15H,7-12,18H2,1H3;1H. The van der Waals surface area contributed by atoms with E-state index in [-0.39, 0.29) is 36.1 Å². The number of hydrogen-bond donors (Lipinski definition) is 1. The monoisotopic (exact) mass is 340 g/mol. The second-order valence-corrected chi connectivity index (χ2v) is 5.68. The van der Waals surface area contributed by atoms with Gasteiger partial charge in [-0.15, -0.1) is 12.4 Å². The smallest absolute Gasteiger partial charge is 0.225 e. The molecule has 1 saturated heterocycles. The van der Waals surface area contributed by atoms with Crippen LogP contribution in [-0.2, 0) is 9.53 Å². The Kier molecular flexibility index (Phi) is 8.23. The molecular formula is C17H25ClN2O3. The molecule has 1 heterocycles. The Balaban J connectivity index is 0.00000264. The second kappa shape index (κ2) is 9.65. The van der Waals surface area contributed by atoms with Crippen LogP contribution in [-0.4, -0.2) is 49.4 Å². The fraction of sp³-hybridized carbons (Fsp3) is 0.529. The van der Waals surface area contributed by atoms with Crippen LogP contribution in [0.5, 0.6) is 0 Å². The highest BCUT2D eigenvalue weighted by Crippen LogP contribution is 2.22. The van der Waals surface area contributed by atoms with Crippen LogP contribution < -0.4 is 5.73 Å². The summed E-state index contributed by atoms with van der Waals surface area (Å²) >= 11 is 0. The number of nitrogens with zero attached hydrogens (tertiary/aromatic N) is 1. The molecule has 2 N–H and O–H groups in total. The number of hydrogen-bond acceptors (Lipinski definition) is 4. The van der Waals surface area contributed by atoms with Crippen molar-refractivity contribution in [2.75, 3.05) is 26.7 Å². The number of ether oxygens (including phenoxy) is 1. The molecule has 0 bridgehead atoms. The molecule has 128 valence electrons. The number of nitrogens with two attached hydrogens (primary N) is 1. The van der Waals surface area contributed by atoms with Gasteiger partial charge in [-0.05, 0) is 12.8 Å². The first-order valence-corrected chi connectivity index (χ1v) is 7.75. The number of methoxy groups -OCH3 is 1. The number of benzene rings is 1. The molecule has 23 heavy (non-hydrogen) atoms. The van der Waals surface area contributed by atoms with E-state index in [1.165, 1.54) is 0 Å². The van der Waals surface area contributed by atoms with Crippen molar-refractivity contribution in [2.45, 2.75) is 25.4 Å². The third kappa shape index (κ3) is 5.30. The van der Waals surface area contributed by atoms with Crippen molar-refractivity contribution in [1.29, 1.82) is 0 Å². The topological polar surface area (TPSA) is 72.6 Å². The van der Waals surface area contributed by atoms with Gasteiger partial charge in [0.2, 0.25) is 5.91 Å². The molecule has 5 nitrogen and oxygen atoms in total. The molecule has 1 amide bonds. The van der Waals surface area contributed by atoms with E-state index in [1.54, 1.807) is 7.11 Å². The molecule has 2 rings (SSSR count). The molecule has 0 radical (unpaired) electrons. The number of ketones is 1.